The molecule has 29 heavy (non-hydrogen) atoms. The Morgan fingerprint density at radius 2 is 1.90 bits per heavy atom. The summed E-state index contributed by atoms with van der Waals surface area (Å²) in [6, 6.07) is 9.57. The Morgan fingerprint density at radius 1 is 1.14 bits per heavy atom. The molecule has 0 atom stereocenters. The van der Waals surface area contributed by atoms with E-state index in [4.69, 9.17) is 0 Å². The van der Waals surface area contributed by atoms with Crippen LogP contribution < -0.4 is 10.9 Å². The lowest BCUT2D eigenvalue weighted by molar-refractivity contribution is 0.488. The molecule has 1 aromatic heterocycles. The molecule has 7 heteroatoms. The average molecular weight is 417 g/mol. The Morgan fingerprint density at radius 3 is 2.59 bits per heavy atom. The van der Waals surface area contributed by atoms with Crippen LogP contribution in [0.15, 0.2) is 52.3 Å². The van der Waals surface area contributed by atoms with E-state index in [1.807, 2.05) is 6.07 Å². The van der Waals surface area contributed by atoms with Crippen molar-refractivity contribution in [2.24, 2.45) is 13.0 Å². The molecule has 0 spiro atoms. The summed E-state index contributed by atoms with van der Waals surface area (Å²) in [5.74, 6) is 0.415. The van der Waals surface area contributed by atoms with Crippen molar-refractivity contribution >= 4 is 27.0 Å². The maximum atomic E-state index is 13.8. The van der Waals surface area contributed by atoms with Gasteiger partial charge < -0.3 is 9.88 Å². The van der Waals surface area contributed by atoms with Crippen LogP contribution in [0.2, 0.25) is 0 Å². The number of nitrogens with zero attached hydrogens (tertiary/aromatic N) is 1. The fourth-order valence-corrected chi connectivity index (χ4v) is 4.43. The molecule has 3 aromatic rings. The van der Waals surface area contributed by atoms with Crippen molar-refractivity contribution in [2.45, 2.75) is 24.7 Å². The second-order valence-corrected chi connectivity index (χ2v) is 10.0. The molecule has 1 fully saturated rings. The van der Waals surface area contributed by atoms with Crippen LogP contribution in [-0.4, -0.2) is 26.0 Å². The number of nitrogens with one attached hydrogen (secondary N) is 1. The van der Waals surface area contributed by atoms with Crippen LogP contribution in [0.3, 0.4) is 0 Å². The second-order valence-electron chi connectivity index (χ2n) is 7.64. The number of anilines is 1. The highest BCUT2D eigenvalue weighted by molar-refractivity contribution is 8.24. The third-order valence-electron chi connectivity index (χ3n) is 5.48. The molecular weight excluding hydrogens is 391 g/mol. The third-order valence-corrected chi connectivity index (χ3v) is 7.30. The quantitative estimate of drug-likeness (QED) is 0.510. The highest BCUT2D eigenvalue weighted by atomic mass is 32.3. The van der Waals surface area contributed by atoms with Gasteiger partial charge in [0.25, 0.3) is 5.56 Å². The first-order chi connectivity index (χ1) is 13.8. The number of rotatable bonds is 6. The van der Waals surface area contributed by atoms with Crippen molar-refractivity contribution in [1.82, 2.24) is 4.57 Å². The molecule has 3 N–H and O–H groups in total. The minimum absolute atomic E-state index is 0.223. The number of aromatic nitrogens is 1. The molecule has 1 saturated carbocycles. The smallest absolute Gasteiger partial charge is 0.258 e. The van der Waals surface area contributed by atoms with E-state index in [1.54, 1.807) is 38.4 Å². The molecule has 1 aliphatic rings. The summed E-state index contributed by atoms with van der Waals surface area (Å²) in [5, 5.41) is 4.40. The predicted molar refractivity (Wildman–Crippen MR) is 117 cm³/mol. The molecular formula is C22H25FN2O3S. The third kappa shape index (κ3) is 3.90. The molecule has 0 bridgehead atoms. The topological polar surface area (TPSA) is 74.5 Å². The van der Waals surface area contributed by atoms with Gasteiger partial charge in [-0.15, -0.1) is 0 Å². The SMILES string of the molecule is CCS(O)(O)c1ccc(NCC2CC2)c(-c2cn(C)c(=O)c3cc(F)ccc23)c1. The Hall–Kier alpha value is -2.35. The zero-order valence-electron chi connectivity index (χ0n) is 16.5. The van der Waals surface area contributed by atoms with Crippen LogP contribution in [0.5, 0.6) is 0 Å². The molecule has 5 nitrogen and oxygen atoms in total. The zero-order chi connectivity index (χ0) is 20.8. The molecule has 0 saturated heterocycles. The van der Waals surface area contributed by atoms with Crippen LogP contribution in [0, 0.1) is 11.7 Å². The summed E-state index contributed by atoms with van der Waals surface area (Å²) in [7, 11) is -1.26. The van der Waals surface area contributed by atoms with Crippen LogP contribution in [0.1, 0.15) is 19.8 Å². The summed E-state index contributed by atoms with van der Waals surface area (Å²) < 4.78 is 36.2. The van der Waals surface area contributed by atoms with E-state index >= 15 is 0 Å². The number of hydrogen-bond acceptors (Lipinski definition) is 4. The standard InChI is InChI=1S/C22H25FN2O3S/c1-3-29(27,28)16-7-9-21(24-12-14-4-5-14)18(11-16)20-13-25(2)22(26)19-10-15(23)6-8-17(19)20/h6-11,13-14,24,27-28H,3-5,12H2,1-2H3. The molecule has 0 unspecified atom stereocenters. The van der Waals surface area contributed by atoms with Gasteiger partial charge in [-0.25, -0.2) is 4.39 Å². The van der Waals surface area contributed by atoms with Crippen molar-refractivity contribution in [3.63, 3.8) is 0 Å². The summed E-state index contributed by atoms with van der Waals surface area (Å²) >= 11 is 0. The molecule has 1 heterocycles. The number of hydrogen-bond donors (Lipinski definition) is 3. The van der Waals surface area contributed by atoms with Gasteiger partial charge in [-0.3, -0.25) is 13.9 Å². The van der Waals surface area contributed by atoms with E-state index in [2.05, 4.69) is 5.32 Å². The van der Waals surface area contributed by atoms with Gasteiger partial charge in [-0.2, -0.15) is 10.6 Å². The highest BCUT2D eigenvalue weighted by Gasteiger charge is 2.23. The number of halogens is 1. The van der Waals surface area contributed by atoms with Gasteiger partial charge in [0.05, 0.1) is 10.3 Å². The summed E-state index contributed by atoms with van der Waals surface area (Å²) in [6.07, 6.45) is 4.14. The van der Waals surface area contributed by atoms with E-state index < -0.39 is 16.4 Å². The number of aryl methyl sites for hydroxylation is 1. The first kappa shape index (κ1) is 19.9. The Kier molecular flexibility index (Phi) is 5.14. The minimum Gasteiger partial charge on any atom is -0.384 e. The molecule has 0 aliphatic heterocycles. The Balaban J connectivity index is 1.95. The summed E-state index contributed by atoms with van der Waals surface area (Å²) in [5.41, 5.74) is 2.10. The number of benzene rings is 2. The normalized spacial score (nSPS) is 14.9. The van der Waals surface area contributed by atoms with E-state index in [9.17, 15) is 18.3 Å². The molecule has 1 aliphatic carbocycles. The van der Waals surface area contributed by atoms with Gasteiger partial charge in [-0.1, -0.05) is 6.07 Å². The van der Waals surface area contributed by atoms with Crippen LogP contribution in [-0.2, 0) is 7.05 Å². The second kappa shape index (κ2) is 7.48. The van der Waals surface area contributed by atoms with Gasteiger partial charge in [0.15, 0.2) is 0 Å². The van der Waals surface area contributed by atoms with E-state index in [0.717, 1.165) is 23.4 Å². The molecule has 2 aromatic carbocycles. The molecule has 0 radical (unpaired) electrons. The van der Waals surface area contributed by atoms with Crippen molar-refractivity contribution in [2.75, 3.05) is 17.6 Å². The van der Waals surface area contributed by atoms with Gasteiger partial charge in [0, 0.05) is 42.4 Å². The maximum Gasteiger partial charge on any atom is 0.258 e. The van der Waals surface area contributed by atoms with Gasteiger partial charge in [-0.05, 0) is 61.4 Å². The van der Waals surface area contributed by atoms with Crippen LogP contribution in [0.25, 0.3) is 21.9 Å². The average Bonchev–Trinajstić information content (AvgIpc) is 3.53. The fraction of sp³-hybridized carbons (Fsp3) is 0.318. The van der Waals surface area contributed by atoms with Crippen molar-refractivity contribution in [3.8, 4) is 11.1 Å². The molecule has 4 rings (SSSR count). The van der Waals surface area contributed by atoms with Gasteiger partial charge in [0.1, 0.15) is 5.82 Å². The maximum absolute atomic E-state index is 13.8. The lowest BCUT2D eigenvalue weighted by atomic mass is 9.99. The van der Waals surface area contributed by atoms with Gasteiger partial charge >= 0.3 is 0 Å². The lowest BCUT2D eigenvalue weighted by Crippen LogP contribution is -2.17. The van der Waals surface area contributed by atoms with E-state index in [-0.39, 0.29) is 11.3 Å². The first-order valence-corrected chi connectivity index (χ1v) is 11.4. The lowest BCUT2D eigenvalue weighted by Gasteiger charge is -2.31. The summed E-state index contributed by atoms with van der Waals surface area (Å²) in [6.45, 7) is 2.58. The molecule has 154 valence electrons. The van der Waals surface area contributed by atoms with Gasteiger partial charge in [0.2, 0.25) is 0 Å². The Labute approximate surface area is 170 Å². The summed E-state index contributed by atoms with van der Waals surface area (Å²) in [4.78, 5) is 13.0. The van der Waals surface area contributed by atoms with Crippen molar-refractivity contribution in [3.05, 3.63) is 58.8 Å². The monoisotopic (exact) mass is 416 g/mol. The van der Waals surface area contributed by atoms with Crippen molar-refractivity contribution in [1.29, 1.82) is 0 Å². The fourth-order valence-electron chi connectivity index (χ4n) is 3.50. The van der Waals surface area contributed by atoms with Crippen molar-refractivity contribution < 1.29 is 13.5 Å². The highest BCUT2D eigenvalue weighted by Crippen LogP contribution is 2.50. The minimum atomic E-state index is -2.90. The first-order valence-electron chi connectivity index (χ1n) is 9.73. The largest absolute Gasteiger partial charge is 0.384 e. The van der Waals surface area contributed by atoms with E-state index in [0.29, 0.717) is 21.6 Å². The molecule has 0 amide bonds. The zero-order valence-corrected chi connectivity index (χ0v) is 17.3. The van der Waals surface area contributed by atoms with Crippen LogP contribution >= 0.6 is 10.6 Å². The Bertz CT molecular complexity index is 1140. The number of fused-ring (bicyclic) bond motifs is 1. The number of pyridine rings is 1. The van der Waals surface area contributed by atoms with E-state index in [1.165, 1.54) is 29.5 Å². The van der Waals surface area contributed by atoms with Crippen LogP contribution in [0.4, 0.5) is 10.1 Å². The predicted octanol–water partition coefficient (Wildman–Crippen LogP) is 5.30.